The molecular weight excluding hydrogens is 288 g/mol. The van der Waals surface area contributed by atoms with Gasteiger partial charge >= 0.3 is 0 Å². The average molecular weight is 310 g/mol. The van der Waals surface area contributed by atoms with E-state index in [1.807, 2.05) is 0 Å². The third-order valence-corrected chi connectivity index (χ3v) is 3.71. The summed E-state index contributed by atoms with van der Waals surface area (Å²) in [6.07, 6.45) is -8.72. The first-order valence-corrected chi connectivity index (χ1v) is 6.86. The standard InChI is InChI=1S/C12H22O9/c13-3-7-11(17)6(15)2-10(21-7)19-4-8-12(18)5(14)1-9(16)20-8/h5-18H,1-4H2/t5?,6?,7?,8?,9?,10-,11-,12?/m0/s1. The number of aliphatic hydroxyl groups is 6. The normalized spacial score (nSPS) is 48.3. The molecular formula is C12H22O9. The highest BCUT2D eigenvalue weighted by Gasteiger charge is 2.39. The minimum atomic E-state index is -1.21. The Hall–Kier alpha value is -0.360. The van der Waals surface area contributed by atoms with Gasteiger partial charge in [0.15, 0.2) is 12.6 Å². The second-order valence-electron chi connectivity index (χ2n) is 5.34. The zero-order chi connectivity index (χ0) is 15.6. The molecule has 2 aliphatic rings. The molecule has 2 saturated heterocycles. The van der Waals surface area contributed by atoms with Gasteiger partial charge in [0.05, 0.1) is 25.4 Å². The van der Waals surface area contributed by atoms with E-state index in [1.165, 1.54) is 0 Å². The number of hydrogen-bond acceptors (Lipinski definition) is 9. The Kier molecular flexibility index (Phi) is 5.88. The smallest absolute Gasteiger partial charge is 0.160 e. The zero-order valence-electron chi connectivity index (χ0n) is 11.4. The van der Waals surface area contributed by atoms with Crippen LogP contribution >= 0.6 is 0 Å². The maximum atomic E-state index is 9.74. The molecule has 9 nitrogen and oxygen atoms in total. The summed E-state index contributed by atoms with van der Waals surface area (Å²) in [5.74, 6) is 0. The Morgan fingerprint density at radius 1 is 0.857 bits per heavy atom. The minimum absolute atomic E-state index is 0.00834. The van der Waals surface area contributed by atoms with Gasteiger partial charge in [-0.2, -0.15) is 0 Å². The van der Waals surface area contributed by atoms with Crippen molar-refractivity contribution < 1.29 is 44.8 Å². The fourth-order valence-corrected chi connectivity index (χ4v) is 2.45. The molecule has 2 aliphatic heterocycles. The first-order chi connectivity index (χ1) is 9.92. The maximum Gasteiger partial charge on any atom is 0.160 e. The lowest BCUT2D eigenvalue weighted by Crippen LogP contribution is -2.53. The van der Waals surface area contributed by atoms with Crippen LogP contribution in [0.4, 0.5) is 0 Å². The third-order valence-electron chi connectivity index (χ3n) is 3.71. The summed E-state index contributed by atoms with van der Waals surface area (Å²) < 4.78 is 15.6. The first kappa shape index (κ1) is 17.0. The van der Waals surface area contributed by atoms with Crippen LogP contribution in [0.2, 0.25) is 0 Å². The molecule has 0 aromatic heterocycles. The van der Waals surface area contributed by atoms with E-state index in [-0.39, 0.29) is 19.4 Å². The van der Waals surface area contributed by atoms with E-state index in [0.717, 1.165) is 0 Å². The van der Waals surface area contributed by atoms with Crippen LogP contribution in [0.3, 0.4) is 0 Å². The molecule has 6 unspecified atom stereocenters. The van der Waals surface area contributed by atoms with Gasteiger partial charge in [-0.3, -0.25) is 0 Å². The van der Waals surface area contributed by atoms with E-state index in [0.29, 0.717) is 0 Å². The lowest BCUT2D eigenvalue weighted by Gasteiger charge is -2.38. The summed E-state index contributed by atoms with van der Waals surface area (Å²) in [5.41, 5.74) is 0. The predicted octanol–water partition coefficient (Wildman–Crippen LogP) is -3.34. The van der Waals surface area contributed by atoms with Gasteiger partial charge in [-0.1, -0.05) is 0 Å². The summed E-state index contributed by atoms with van der Waals surface area (Å²) >= 11 is 0. The van der Waals surface area contributed by atoms with Crippen molar-refractivity contribution in [2.45, 2.75) is 62.0 Å². The second kappa shape index (κ2) is 7.27. The fourth-order valence-electron chi connectivity index (χ4n) is 2.45. The van der Waals surface area contributed by atoms with Crippen LogP contribution in [0.1, 0.15) is 12.8 Å². The molecule has 0 bridgehead atoms. The van der Waals surface area contributed by atoms with Crippen molar-refractivity contribution in [1.82, 2.24) is 0 Å². The molecule has 0 aromatic carbocycles. The van der Waals surface area contributed by atoms with Crippen LogP contribution < -0.4 is 0 Å². The highest BCUT2D eigenvalue weighted by Crippen LogP contribution is 2.24. The van der Waals surface area contributed by atoms with Crippen LogP contribution in [0.15, 0.2) is 0 Å². The molecule has 0 aliphatic carbocycles. The first-order valence-electron chi connectivity index (χ1n) is 6.86. The zero-order valence-corrected chi connectivity index (χ0v) is 11.4. The van der Waals surface area contributed by atoms with E-state index < -0.39 is 55.8 Å². The van der Waals surface area contributed by atoms with E-state index in [4.69, 9.17) is 19.3 Å². The molecule has 0 aromatic rings. The molecule has 0 saturated carbocycles. The van der Waals surface area contributed by atoms with Gasteiger partial charge in [0.1, 0.15) is 24.4 Å². The quantitative estimate of drug-likeness (QED) is 0.313. The molecule has 0 amide bonds. The Bertz CT molecular complexity index is 328. The number of aliphatic hydroxyl groups excluding tert-OH is 6. The second-order valence-corrected chi connectivity index (χ2v) is 5.34. The van der Waals surface area contributed by atoms with Crippen molar-refractivity contribution in [2.75, 3.05) is 13.2 Å². The Morgan fingerprint density at radius 2 is 1.48 bits per heavy atom. The Balaban J connectivity index is 1.84. The number of ether oxygens (including phenoxy) is 3. The van der Waals surface area contributed by atoms with Crippen LogP contribution in [0.25, 0.3) is 0 Å². The molecule has 2 heterocycles. The van der Waals surface area contributed by atoms with Crippen molar-refractivity contribution >= 4 is 0 Å². The van der Waals surface area contributed by atoms with E-state index in [2.05, 4.69) is 0 Å². The van der Waals surface area contributed by atoms with Crippen LogP contribution in [0.5, 0.6) is 0 Å². The van der Waals surface area contributed by atoms with Gasteiger partial charge < -0.3 is 44.8 Å². The van der Waals surface area contributed by atoms with Gasteiger partial charge in [-0.15, -0.1) is 0 Å². The third kappa shape index (κ3) is 4.09. The molecule has 8 atom stereocenters. The lowest BCUT2D eigenvalue weighted by atomic mass is 10.0. The summed E-state index contributed by atoms with van der Waals surface area (Å²) in [7, 11) is 0. The van der Waals surface area contributed by atoms with Crippen molar-refractivity contribution in [2.24, 2.45) is 0 Å². The van der Waals surface area contributed by atoms with Crippen LogP contribution in [0, 0.1) is 0 Å². The van der Waals surface area contributed by atoms with Gasteiger partial charge in [-0.25, -0.2) is 0 Å². The molecule has 2 fully saturated rings. The summed E-state index contributed by atoms with van der Waals surface area (Å²) in [6.45, 7) is -0.654. The lowest BCUT2D eigenvalue weighted by molar-refractivity contribution is -0.286. The van der Waals surface area contributed by atoms with E-state index >= 15 is 0 Å². The van der Waals surface area contributed by atoms with Crippen molar-refractivity contribution in [3.05, 3.63) is 0 Å². The predicted molar refractivity (Wildman–Crippen MR) is 65.8 cm³/mol. The molecule has 124 valence electrons. The Labute approximate surface area is 121 Å². The topological polar surface area (TPSA) is 149 Å². The molecule has 6 N–H and O–H groups in total. The summed E-state index contributed by atoms with van der Waals surface area (Å²) in [6, 6.07) is 0. The van der Waals surface area contributed by atoms with Gasteiger partial charge in [0.25, 0.3) is 0 Å². The van der Waals surface area contributed by atoms with Gasteiger partial charge in [-0.05, 0) is 0 Å². The average Bonchev–Trinajstić information content (AvgIpc) is 2.44. The van der Waals surface area contributed by atoms with Crippen molar-refractivity contribution in [3.63, 3.8) is 0 Å². The van der Waals surface area contributed by atoms with E-state index in [9.17, 15) is 25.5 Å². The number of rotatable bonds is 4. The maximum absolute atomic E-state index is 9.74. The van der Waals surface area contributed by atoms with E-state index in [1.54, 1.807) is 0 Å². The highest BCUT2D eigenvalue weighted by atomic mass is 16.7. The van der Waals surface area contributed by atoms with Crippen LogP contribution in [-0.2, 0) is 14.2 Å². The molecule has 9 heteroatoms. The largest absolute Gasteiger partial charge is 0.394 e. The summed E-state index contributed by atoms with van der Waals surface area (Å²) in [4.78, 5) is 0. The highest BCUT2D eigenvalue weighted by molar-refractivity contribution is 4.84. The van der Waals surface area contributed by atoms with Crippen molar-refractivity contribution in [1.29, 1.82) is 0 Å². The number of hydrogen-bond donors (Lipinski definition) is 6. The Morgan fingerprint density at radius 3 is 2.14 bits per heavy atom. The van der Waals surface area contributed by atoms with Crippen molar-refractivity contribution in [3.8, 4) is 0 Å². The molecule has 2 rings (SSSR count). The van der Waals surface area contributed by atoms with Crippen LogP contribution in [-0.4, -0.2) is 93.1 Å². The monoisotopic (exact) mass is 310 g/mol. The molecule has 21 heavy (non-hydrogen) atoms. The fraction of sp³-hybridized carbons (Fsp3) is 1.00. The SMILES string of the molecule is OCC1O[C@H](OCC2OC(O)CC(O)C2O)CC(O)[C@@H]1O. The van der Waals surface area contributed by atoms with Gasteiger partial charge in [0, 0.05) is 12.8 Å². The molecule has 0 radical (unpaired) electrons. The molecule has 0 spiro atoms. The van der Waals surface area contributed by atoms with Gasteiger partial charge in [0.2, 0.25) is 0 Å². The minimum Gasteiger partial charge on any atom is -0.394 e. The summed E-state index contributed by atoms with van der Waals surface area (Å²) in [5, 5.41) is 56.9.